The molecule has 20 heavy (non-hydrogen) atoms. The van der Waals surface area contributed by atoms with Gasteiger partial charge in [-0.05, 0) is 36.1 Å². The van der Waals surface area contributed by atoms with Crippen LogP contribution in [0.3, 0.4) is 0 Å². The number of aromatic nitrogens is 1. The molecule has 3 rings (SSSR count). The van der Waals surface area contributed by atoms with Crippen LogP contribution < -0.4 is 5.32 Å². The number of thiophene rings is 2. The molecule has 3 heterocycles. The Balaban J connectivity index is 1.78. The van der Waals surface area contributed by atoms with Crippen molar-refractivity contribution in [3.63, 3.8) is 0 Å². The number of carbonyl (C=O) groups is 1. The number of anilines is 1. The number of nitrogens with one attached hydrogen (secondary N) is 1. The Morgan fingerprint density at radius 1 is 1.30 bits per heavy atom. The first-order chi connectivity index (χ1) is 9.63. The van der Waals surface area contributed by atoms with Gasteiger partial charge in [0.15, 0.2) is 5.13 Å². The third kappa shape index (κ3) is 2.78. The molecule has 0 aliphatic carbocycles. The van der Waals surface area contributed by atoms with Crippen LogP contribution >= 0.6 is 45.6 Å². The summed E-state index contributed by atoms with van der Waals surface area (Å²) in [6, 6.07) is 5.70. The summed E-state index contributed by atoms with van der Waals surface area (Å²) in [5, 5.41) is 7.26. The van der Waals surface area contributed by atoms with Gasteiger partial charge in [0.2, 0.25) is 0 Å². The average molecular weight is 341 g/mol. The summed E-state index contributed by atoms with van der Waals surface area (Å²) >= 11 is 10.2. The molecule has 3 aromatic rings. The zero-order chi connectivity index (χ0) is 14.1. The van der Waals surface area contributed by atoms with Gasteiger partial charge in [0.1, 0.15) is 0 Å². The maximum absolute atomic E-state index is 12.1. The standard InChI is InChI=1S/C13H9ClN2OS3/c1-7-4-5-18-11(7)12(17)16-13-15-8(6-19-13)9-2-3-10(14)20-9/h2-6H,1H3,(H,15,16,17). The third-order valence-electron chi connectivity index (χ3n) is 2.62. The van der Waals surface area contributed by atoms with Crippen molar-refractivity contribution in [2.45, 2.75) is 6.92 Å². The molecule has 0 atom stereocenters. The van der Waals surface area contributed by atoms with E-state index in [1.165, 1.54) is 34.0 Å². The highest BCUT2D eigenvalue weighted by Gasteiger charge is 2.13. The molecule has 1 amide bonds. The van der Waals surface area contributed by atoms with Gasteiger partial charge in [0, 0.05) is 5.38 Å². The van der Waals surface area contributed by atoms with Crippen molar-refractivity contribution >= 4 is 56.7 Å². The quantitative estimate of drug-likeness (QED) is 0.716. The van der Waals surface area contributed by atoms with Crippen LogP contribution in [-0.2, 0) is 0 Å². The summed E-state index contributed by atoms with van der Waals surface area (Å²) < 4.78 is 0.729. The van der Waals surface area contributed by atoms with Crippen LogP contribution in [0.5, 0.6) is 0 Å². The number of thiazole rings is 1. The first-order valence-corrected chi connectivity index (χ1v) is 8.65. The number of aryl methyl sites for hydroxylation is 1. The fourth-order valence-corrected chi connectivity index (χ4v) is 4.26. The van der Waals surface area contributed by atoms with Crippen molar-refractivity contribution in [2.75, 3.05) is 5.32 Å². The first-order valence-electron chi connectivity index (χ1n) is 5.70. The van der Waals surface area contributed by atoms with E-state index in [-0.39, 0.29) is 5.91 Å². The minimum atomic E-state index is -0.109. The third-order valence-corrected chi connectivity index (χ3v) is 5.65. The Labute approximate surface area is 132 Å². The van der Waals surface area contributed by atoms with Gasteiger partial charge in [0.25, 0.3) is 5.91 Å². The summed E-state index contributed by atoms with van der Waals surface area (Å²) in [7, 11) is 0. The number of amides is 1. The molecule has 0 aliphatic rings. The van der Waals surface area contributed by atoms with Crippen LogP contribution in [0.15, 0.2) is 29.0 Å². The molecule has 0 spiro atoms. The van der Waals surface area contributed by atoms with Crippen LogP contribution in [-0.4, -0.2) is 10.9 Å². The van der Waals surface area contributed by atoms with Crippen LogP contribution in [0, 0.1) is 6.92 Å². The maximum atomic E-state index is 12.1. The Kier molecular flexibility index (Phi) is 3.89. The van der Waals surface area contributed by atoms with Gasteiger partial charge in [-0.15, -0.1) is 34.0 Å². The molecule has 3 nitrogen and oxygen atoms in total. The molecule has 7 heteroatoms. The minimum absolute atomic E-state index is 0.109. The van der Waals surface area contributed by atoms with Gasteiger partial charge >= 0.3 is 0 Å². The van der Waals surface area contributed by atoms with E-state index in [0.717, 1.165) is 25.3 Å². The van der Waals surface area contributed by atoms with E-state index in [9.17, 15) is 4.79 Å². The van der Waals surface area contributed by atoms with E-state index in [0.29, 0.717) is 5.13 Å². The lowest BCUT2D eigenvalue weighted by molar-refractivity contribution is 0.103. The maximum Gasteiger partial charge on any atom is 0.267 e. The molecule has 0 bridgehead atoms. The Morgan fingerprint density at radius 2 is 2.15 bits per heavy atom. The van der Waals surface area contributed by atoms with Crippen molar-refractivity contribution in [3.8, 4) is 10.6 Å². The fraction of sp³-hybridized carbons (Fsp3) is 0.0769. The van der Waals surface area contributed by atoms with Gasteiger partial charge in [-0.3, -0.25) is 10.1 Å². The molecule has 0 saturated carbocycles. The number of hydrogen-bond donors (Lipinski definition) is 1. The fourth-order valence-electron chi connectivity index (χ4n) is 1.66. The first kappa shape index (κ1) is 13.8. The highest BCUT2D eigenvalue weighted by Crippen LogP contribution is 2.33. The normalized spacial score (nSPS) is 10.7. The number of hydrogen-bond acceptors (Lipinski definition) is 5. The predicted molar refractivity (Wildman–Crippen MR) is 87.4 cm³/mol. The molecule has 0 fully saturated rings. The van der Waals surface area contributed by atoms with E-state index in [1.807, 2.05) is 35.9 Å². The summed E-state index contributed by atoms with van der Waals surface area (Å²) in [5.74, 6) is -0.109. The van der Waals surface area contributed by atoms with Crippen molar-refractivity contribution in [2.24, 2.45) is 0 Å². The monoisotopic (exact) mass is 340 g/mol. The molecule has 0 unspecified atom stereocenters. The molecule has 0 aromatic carbocycles. The molecule has 0 aliphatic heterocycles. The van der Waals surface area contributed by atoms with E-state index < -0.39 is 0 Å². The second kappa shape index (κ2) is 5.65. The lowest BCUT2D eigenvalue weighted by Gasteiger charge is -1.99. The van der Waals surface area contributed by atoms with Crippen LogP contribution in [0.25, 0.3) is 10.6 Å². The topological polar surface area (TPSA) is 42.0 Å². The average Bonchev–Trinajstić information content (AvgIpc) is 3.10. The summed E-state index contributed by atoms with van der Waals surface area (Å²) in [6.45, 7) is 1.92. The predicted octanol–water partition coefficient (Wildman–Crippen LogP) is 5.15. The van der Waals surface area contributed by atoms with E-state index in [2.05, 4.69) is 10.3 Å². The Morgan fingerprint density at radius 3 is 2.80 bits per heavy atom. The number of halogens is 1. The molecule has 102 valence electrons. The SMILES string of the molecule is Cc1ccsc1C(=O)Nc1nc(-c2ccc(Cl)s2)cs1. The second-order valence-electron chi connectivity index (χ2n) is 4.03. The molecule has 0 radical (unpaired) electrons. The van der Waals surface area contributed by atoms with E-state index in [4.69, 9.17) is 11.6 Å². The van der Waals surface area contributed by atoms with Gasteiger partial charge in [0.05, 0.1) is 19.8 Å². The van der Waals surface area contributed by atoms with Crippen LogP contribution in [0.2, 0.25) is 4.34 Å². The van der Waals surface area contributed by atoms with Crippen LogP contribution in [0.1, 0.15) is 15.2 Å². The zero-order valence-corrected chi connectivity index (χ0v) is 13.6. The van der Waals surface area contributed by atoms with E-state index in [1.54, 1.807) is 0 Å². The van der Waals surface area contributed by atoms with Gasteiger partial charge in [-0.1, -0.05) is 11.6 Å². The van der Waals surface area contributed by atoms with Gasteiger partial charge in [-0.2, -0.15) is 0 Å². The van der Waals surface area contributed by atoms with Gasteiger partial charge < -0.3 is 0 Å². The number of nitrogens with zero attached hydrogens (tertiary/aromatic N) is 1. The van der Waals surface area contributed by atoms with Crippen molar-refractivity contribution < 1.29 is 4.79 Å². The summed E-state index contributed by atoms with van der Waals surface area (Å²) in [6.07, 6.45) is 0. The number of rotatable bonds is 3. The summed E-state index contributed by atoms with van der Waals surface area (Å²) in [4.78, 5) is 18.2. The molecule has 3 aromatic heterocycles. The highest BCUT2D eigenvalue weighted by molar-refractivity contribution is 7.20. The lowest BCUT2D eigenvalue weighted by atomic mass is 10.3. The van der Waals surface area contributed by atoms with Crippen LogP contribution in [0.4, 0.5) is 5.13 Å². The highest BCUT2D eigenvalue weighted by atomic mass is 35.5. The summed E-state index contributed by atoms with van der Waals surface area (Å²) in [5.41, 5.74) is 1.82. The molecule has 0 saturated heterocycles. The molecular weight excluding hydrogens is 332 g/mol. The van der Waals surface area contributed by atoms with Crippen molar-refractivity contribution in [1.29, 1.82) is 0 Å². The second-order valence-corrected chi connectivity index (χ2v) is 7.52. The molecule has 1 N–H and O–H groups in total. The van der Waals surface area contributed by atoms with Gasteiger partial charge in [-0.25, -0.2) is 4.98 Å². The van der Waals surface area contributed by atoms with Crippen molar-refractivity contribution in [1.82, 2.24) is 4.98 Å². The smallest absolute Gasteiger partial charge is 0.267 e. The van der Waals surface area contributed by atoms with E-state index >= 15 is 0 Å². The minimum Gasteiger partial charge on any atom is -0.297 e. The lowest BCUT2D eigenvalue weighted by Crippen LogP contribution is -2.10. The molecular formula is C13H9ClN2OS3. The Hall–Kier alpha value is -1.21. The van der Waals surface area contributed by atoms with Crippen molar-refractivity contribution in [3.05, 3.63) is 43.7 Å². The largest absolute Gasteiger partial charge is 0.297 e. The number of carbonyl (C=O) groups excluding carboxylic acids is 1. The zero-order valence-electron chi connectivity index (χ0n) is 10.3. The Bertz CT molecular complexity index is 759.